The molecule has 0 spiro atoms. The van der Waals surface area contributed by atoms with Crippen molar-refractivity contribution in [3.05, 3.63) is 64.2 Å². The quantitative estimate of drug-likeness (QED) is 0.611. The van der Waals surface area contributed by atoms with Crippen LogP contribution in [-0.4, -0.2) is 28.7 Å². The number of amides is 1. The molecule has 4 rings (SSSR count). The van der Waals surface area contributed by atoms with Crippen LogP contribution in [0.15, 0.2) is 47.5 Å². The summed E-state index contributed by atoms with van der Waals surface area (Å²) in [5.41, 5.74) is 2.62. The van der Waals surface area contributed by atoms with E-state index in [0.29, 0.717) is 43.7 Å². The molecule has 0 saturated carbocycles. The van der Waals surface area contributed by atoms with E-state index in [-0.39, 0.29) is 23.4 Å². The van der Waals surface area contributed by atoms with E-state index in [1.807, 2.05) is 37.3 Å². The maximum absolute atomic E-state index is 12.7. The summed E-state index contributed by atoms with van der Waals surface area (Å²) in [4.78, 5) is 29.8. The van der Waals surface area contributed by atoms with E-state index in [1.165, 1.54) is 0 Å². The molecule has 32 heavy (non-hydrogen) atoms. The Kier molecular flexibility index (Phi) is 6.44. The molecule has 1 aromatic heterocycles. The van der Waals surface area contributed by atoms with Crippen LogP contribution >= 0.6 is 0 Å². The minimum Gasteiger partial charge on any atom is -0.486 e. The molecule has 1 aliphatic rings. The Labute approximate surface area is 187 Å². The highest BCUT2D eigenvalue weighted by Crippen LogP contribution is 2.34. The third kappa shape index (κ3) is 4.61. The maximum atomic E-state index is 12.7. The standard InChI is InChI=1S/C25H29N3O4/c1-16(2)23(18-9-10-20-21(14-18)32-13-12-31-20)27-22(29)8-5-11-28-15-26-24-17(3)6-4-7-19(24)25(28)30/h4,6-7,9-10,14-16,23H,5,8,11-13H2,1-3H3,(H,27,29). The number of carbonyl (C=O) groups excluding carboxylic acids is 1. The van der Waals surface area contributed by atoms with Gasteiger partial charge in [-0.15, -0.1) is 0 Å². The van der Waals surface area contributed by atoms with Crippen molar-refractivity contribution in [1.82, 2.24) is 14.9 Å². The first-order chi connectivity index (χ1) is 15.4. The Balaban J connectivity index is 1.39. The van der Waals surface area contributed by atoms with Gasteiger partial charge in [0, 0.05) is 13.0 Å². The van der Waals surface area contributed by atoms with E-state index in [1.54, 1.807) is 17.0 Å². The molecule has 2 heterocycles. The smallest absolute Gasteiger partial charge is 0.261 e. The average molecular weight is 436 g/mol. The van der Waals surface area contributed by atoms with Crippen LogP contribution in [0.2, 0.25) is 0 Å². The number of para-hydroxylation sites is 1. The zero-order chi connectivity index (χ0) is 22.7. The number of hydrogen-bond acceptors (Lipinski definition) is 5. The van der Waals surface area contributed by atoms with Crippen molar-refractivity contribution in [3.63, 3.8) is 0 Å². The van der Waals surface area contributed by atoms with Crippen molar-refractivity contribution in [3.8, 4) is 11.5 Å². The minimum atomic E-state index is -0.133. The molecule has 0 bridgehead atoms. The number of nitrogens with one attached hydrogen (secondary N) is 1. The second kappa shape index (κ2) is 9.42. The number of fused-ring (bicyclic) bond motifs is 2. The molecule has 2 aromatic carbocycles. The molecule has 7 nitrogen and oxygen atoms in total. The molecular weight excluding hydrogens is 406 g/mol. The number of nitrogens with zero attached hydrogens (tertiary/aromatic N) is 2. The Bertz CT molecular complexity index is 1190. The number of benzene rings is 2. The van der Waals surface area contributed by atoms with Gasteiger partial charge in [-0.2, -0.15) is 0 Å². The van der Waals surface area contributed by atoms with Crippen LogP contribution in [0.25, 0.3) is 10.9 Å². The number of rotatable bonds is 7. The molecule has 1 amide bonds. The van der Waals surface area contributed by atoms with Crippen molar-refractivity contribution in [1.29, 1.82) is 0 Å². The van der Waals surface area contributed by atoms with E-state index in [2.05, 4.69) is 24.1 Å². The predicted octanol–water partition coefficient (Wildman–Crippen LogP) is 3.77. The molecular formula is C25H29N3O4. The molecule has 3 aromatic rings. The van der Waals surface area contributed by atoms with Gasteiger partial charge in [0.1, 0.15) is 13.2 Å². The van der Waals surface area contributed by atoms with Gasteiger partial charge in [-0.25, -0.2) is 4.98 Å². The third-order valence-corrected chi connectivity index (χ3v) is 5.77. The third-order valence-electron chi connectivity index (χ3n) is 5.77. The molecule has 168 valence electrons. The molecule has 0 fully saturated rings. The summed E-state index contributed by atoms with van der Waals surface area (Å²) < 4.78 is 12.9. The summed E-state index contributed by atoms with van der Waals surface area (Å²) in [5.74, 6) is 1.61. The number of carbonyl (C=O) groups is 1. The minimum absolute atomic E-state index is 0.0452. The van der Waals surface area contributed by atoms with Crippen LogP contribution in [0.5, 0.6) is 11.5 Å². The second-order valence-corrected chi connectivity index (χ2v) is 8.51. The summed E-state index contributed by atoms with van der Waals surface area (Å²) in [7, 11) is 0. The van der Waals surface area contributed by atoms with Gasteiger partial charge in [-0.05, 0) is 48.6 Å². The highest BCUT2D eigenvalue weighted by atomic mass is 16.6. The highest BCUT2D eigenvalue weighted by Gasteiger charge is 2.21. The molecule has 1 atom stereocenters. The molecule has 1 unspecified atom stereocenters. The zero-order valence-corrected chi connectivity index (χ0v) is 18.8. The molecule has 1 aliphatic heterocycles. The second-order valence-electron chi connectivity index (χ2n) is 8.51. The van der Waals surface area contributed by atoms with Crippen LogP contribution in [0.1, 0.15) is 43.9 Å². The first kappa shape index (κ1) is 21.9. The Morgan fingerprint density at radius 3 is 2.72 bits per heavy atom. The molecule has 7 heteroatoms. The first-order valence-electron chi connectivity index (χ1n) is 11.1. The van der Waals surface area contributed by atoms with Crippen molar-refractivity contribution < 1.29 is 14.3 Å². The van der Waals surface area contributed by atoms with Gasteiger partial charge in [0.15, 0.2) is 11.5 Å². The number of ether oxygens (including phenoxy) is 2. The molecule has 1 N–H and O–H groups in total. The van der Waals surface area contributed by atoms with Crippen molar-refractivity contribution in [2.24, 2.45) is 5.92 Å². The van der Waals surface area contributed by atoms with Crippen molar-refractivity contribution in [2.45, 2.75) is 46.2 Å². The van der Waals surface area contributed by atoms with Crippen molar-refractivity contribution in [2.75, 3.05) is 13.2 Å². The fourth-order valence-electron chi connectivity index (χ4n) is 4.04. The zero-order valence-electron chi connectivity index (χ0n) is 18.8. The number of aromatic nitrogens is 2. The maximum Gasteiger partial charge on any atom is 0.261 e. The summed E-state index contributed by atoms with van der Waals surface area (Å²) in [6, 6.07) is 11.3. The summed E-state index contributed by atoms with van der Waals surface area (Å²) in [6.07, 6.45) is 2.45. The van der Waals surface area contributed by atoms with Gasteiger partial charge >= 0.3 is 0 Å². The van der Waals surface area contributed by atoms with Crippen LogP contribution in [0, 0.1) is 12.8 Å². The normalized spacial score (nSPS) is 13.9. The van der Waals surface area contributed by atoms with Crippen LogP contribution in [-0.2, 0) is 11.3 Å². The van der Waals surface area contributed by atoms with Crippen LogP contribution in [0.4, 0.5) is 0 Å². The van der Waals surface area contributed by atoms with Gasteiger partial charge in [0.25, 0.3) is 5.56 Å². The van der Waals surface area contributed by atoms with E-state index >= 15 is 0 Å². The van der Waals surface area contributed by atoms with E-state index < -0.39 is 0 Å². The lowest BCUT2D eigenvalue weighted by molar-refractivity contribution is -0.122. The molecule has 0 radical (unpaired) electrons. The Morgan fingerprint density at radius 2 is 1.94 bits per heavy atom. The van der Waals surface area contributed by atoms with Crippen LogP contribution < -0.4 is 20.3 Å². The van der Waals surface area contributed by atoms with E-state index in [4.69, 9.17) is 9.47 Å². The van der Waals surface area contributed by atoms with E-state index in [9.17, 15) is 9.59 Å². The van der Waals surface area contributed by atoms with E-state index in [0.717, 1.165) is 22.4 Å². The summed E-state index contributed by atoms with van der Waals surface area (Å²) in [5, 5.41) is 3.75. The lowest BCUT2D eigenvalue weighted by Gasteiger charge is -2.25. The lowest BCUT2D eigenvalue weighted by Crippen LogP contribution is -2.32. The first-order valence-corrected chi connectivity index (χ1v) is 11.1. The fraction of sp³-hybridized carbons (Fsp3) is 0.400. The number of hydrogen-bond donors (Lipinski definition) is 1. The van der Waals surface area contributed by atoms with Gasteiger partial charge in [-0.3, -0.25) is 14.2 Å². The topological polar surface area (TPSA) is 82.5 Å². The van der Waals surface area contributed by atoms with Gasteiger partial charge in [0.2, 0.25) is 5.91 Å². The van der Waals surface area contributed by atoms with Gasteiger partial charge < -0.3 is 14.8 Å². The Morgan fingerprint density at radius 1 is 1.16 bits per heavy atom. The summed E-state index contributed by atoms with van der Waals surface area (Å²) >= 11 is 0. The van der Waals surface area contributed by atoms with Gasteiger partial charge in [0.05, 0.1) is 23.3 Å². The largest absolute Gasteiger partial charge is 0.486 e. The predicted molar refractivity (Wildman–Crippen MR) is 123 cm³/mol. The Hall–Kier alpha value is -3.35. The fourth-order valence-corrected chi connectivity index (χ4v) is 4.04. The lowest BCUT2D eigenvalue weighted by atomic mass is 9.95. The SMILES string of the molecule is Cc1cccc2c(=O)n(CCCC(=O)NC(c3ccc4c(c3)OCCO4)C(C)C)cnc12. The summed E-state index contributed by atoms with van der Waals surface area (Å²) in [6.45, 7) is 7.60. The number of aryl methyl sites for hydroxylation is 2. The molecule has 0 saturated heterocycles. The average Bonchev–Trinajstić information content (AvgIpc) is 2.79. The van der Waals surface area contributed by atoms with Gasteiger partial charge in [-0.1, -0.05) is 32.0 Å². The monoisotopic (exact) mass is 435 g/mol. The highest BCUT2D eigenvalue weighted by molar-refractivity contribution is 5.80. The molecule has 0 aliphatic carbocycles. The van der Waals surface area contributed by atoms with Crippen LogP contribution in [0.3, 0.4) is 0 Å². The van der Waals surface area contributed by atoms with Crippen molar-refractivity contribution >= 4 is 16.8 Å².